The summed E-state index contributed by atoms with van der Waals surface area (Å²) in [5, 5.41) is 5.71. The van der Waals surface area contributed by atoms with Crippen LogP contribution in [0.5, 0.6) is 11.5 Å². The molecule has 162 valence electrons. The largest absolute Gasteiger partial charge is 0.490 e. The molecule has 1 fully saturated rings. The average molecular weight is 444 g/mol. The van der Waals surface area contributed by atoms with Crippen molar-refractivity contribution in [3.8, 4) is 11.5 Å². The Morgan fingerprint density at radius 1 is 1.16 bits per heavy atom. The predicted octanol–water partition coefficient (Wildman–Crippen LogP) is 3.22. The molecule has 2 aromatic rings. The zero-order chi connectivity index (χ0) is 22.2. The number of rotatable bonds is 4. The molecule has 0 aromatic heterocycles. The Balaban J connectivity index is 1.51. The first-order valence-electron chi connectivity index (χ1n) is 9.88. The van der Waals surface area contributed by atoms with E-state index in [2.05, 4.69) is 10.6 Å². The fourth-order valence-corrected chi connectivity index (χ4v) is 3.85. The first kappa shape index (κ1) is 21.0. The van der Waals surface area contributed by atoms with Gasteiger partial charge in [-0.2, -0.15) is 0 Å². The van der Waals surface area contributed by atoms with Crippen molar-refractivity contribution in [3.63, 3.8) is 0 Å². The molecule has 31 heavy (non-hydrogen) atoms. The minimum Gasteiger partial charge on any atom is -0.490 e. The number of nitrogens with one attached hydrogen (secondary N) is 2. The number of fused-ring (bicyclic) bond motifs is 1. The maximum absolute atomic E-state index is 13.1. The molecule has 2 aliphatic heterocycles. The molecule has 0 radical (unpaired) electrons. The summed E-state index contributed by atoms with van der Waals surface area (Å²) in [5.74, 6) is 0.0469. The van der Waals surface area contributed by atoms with Gasteiger partial charge in [-0.05, 0) is 49.2 Å². The number of halogens is 1. The van der Waals surface area contributed by atoms with Crippen molar-refractivity contribution in [3.05, 3.63) is 52.5 Å². The maximum atomic E-state index is 13.1. The van der Waals surface area contributed by atoms with Gasteiger partial charge in [0.2, 0.25) is 5.91 Å². The van der Waals surface area contributed by atoms with Gasteiger partial charge in [-0.3, -0.25) is 14.5 Å². The Morgan fingerprint density at radius 2 is 1.90 bits per heavy atom. The zero-order valence-electron chi connectivity index (χ0n) is 17.2. The molecule has 2 aliphatic rings. The number of aryl methyl sites for hydroxylation is 1. The number of anilines is 1. The van der Waals surface area contributed by atoms with E-state index >= 15 is 0 Å². The van der Waals surface area contributed by atoms with Gasteiger partial charge in [0.05, 0.1) is 23.9 Å². The second-order valence-electron chi connectivity index (χ2n) is 7.69. The highest BCUT2D eigenvalue weighted by Gasteiger charge is 2.49. The number of hydrogen-bond acceptors (Lipinski definition) is 5. The molecule has 2 heterocycles. The molecule has 0 bridgehead atoms. The van der Waals surface area contributed by atoms with E-state index in [0.717, 1.165) is 16.9 Å². The van der Waals surface area contributed by atoms with Gasteiger partial charge < -0.3 is 20.1 Å². The molecule has 8 nitrogen and oxygen atoms in total. The number of nitrogens with zero attached hydrogens (tertiary/aromatic N) is 1. The standard InChI is InChI=1S/C22H22ClN3O5/c1-13-4-6-16(15(23)10-13)24-19(27)12-26-20(28)22(2,25-21(26)29)14-5-7-17-18(11-14)31-9-3-8-30-17/h4-7,10-11H,3,8-9,12H2,1-2H3,(H,24,27)(H,25,29). The van der Waals surface area contributed by atoms with Crippen LogP contribution in [0.4, 0.5) is 10.5 Å². The van der Waals surface area contributed by atoms with Gasteiger partial charge in [0.1, 0.15) is 12.1 Å². The molecule has 4 rings (SSSR count). The number of benzene rings is 2. The number of urea groups is 1. The van der Waals surface area contributed by atoms with Gasteiger partial charge in [0, 0.05) is 6.42 Å². The van der Waals surface area contributed by atoms with Crippen LogP contribution in [-0.4, -0.2) is 42.5 Å². The molecule has 1 unspecified atom stereocenters. The third-order valence-corrected chi connectivity index (χ3v) is 5.61. The fraction of sp³-hybridized carbons (Fsp3) is 0.318. The molecule has 4 amide bonds. The van der Waals surface area contributed by atoms with Crippen molar-refractivity contribution in [1.82, 2.24) is 10.2 Å². The molecule has 1 saturated heterocycles. The van der Waals surface area contributed by atoms with E-state index in [0.29, 0.717) is 41.0 Å². The van der Waals surface area contributed by atoms with E-state index in [4.69, 9.17) is 21.1 Å². The molecule has 2 aromatic carbocycles. The molecule has 0 spiro atoms. The lowest BCUT2D eigenvalue weighted by molar-refractivity contribution is -0.133. The SMILES string of the molecule is Cc1ccc(NC(=O)CN2C(=O)NC(C)(c3ccc4c(c3)OCCCO4)C2=O)c(Cl)c1. The smallest absolute Gasteiger partial charge is 0.325 e. The third kappa shape index (κ3) is 4.03. The van der Waals surface area contributed by atoms with E-state index in [1.165, 1.54) is 0 Å². The molecule has 0 saturated carbocycles. The summed E-state index contributed by atoms with van der Waals surface area (Å²) >= 11 is 6.15. The van der Waals surface area contributed by atoms with Crippen LogP contribution in [0, 0.1) is 6.92 Å². The second-order valence-corrected chi connectivity index (χ2v) is 8.10. The van der Waals surface area contributed by atoms with Gasteiger partial charge in [-0.15, -0.1) is 0 Å². The lowest BCUT2D eigenvalue weighted by Crippen LogP contribution is -2.42. The number of imide groups is 1. The van der Waals surface area contributed by atoms with Crippen molar-refractivity contribution in [2.45, 2.75) is 25.8 Å². The normalized spacial score (nSPS) is 20.3. The Labute approximate surface area is 184 Å². The number of ether oxygens (including phenoxy) is 2. The lowest BCUT2D eigenvalue weighted by Gasteiger charge is -2.23. The van der Waals surface area contributed by atoms with Crippen LogP contribution in [0.2, 0.25) is 5.02 Å². The van der Waals surface area contributed by atoms with Crippen molar-refractivity contribution >= 4 is 35.1 Å². The number of carbonyl (C=O) groups is 3. The maximum Gasteiger partial charge on any atom is 0.325 e. The first-order chi connectivity index (χ1) is 14.8. The van der Waals surface area contributed by atoms with Gasteiger partial charge in [0.15, 0.2) is 11.5 Å². The minimum atomic E-state index is -1.33. The zero-order valence-corrected chi connectivity index (χ0v) is 17.9. The average Bonchev–Trinajstić information content (AvgIpc) is 2.90. The van der Waals surface area contributed by atoms with Crippen LogP contribution in [-0.2, 0) is 15.1 Å². The second kappa shape index (κ2) is 8.11. The van der Waals surface area contributed by atoms with Gasteiger partial charge >= 0.3 is 6.03 Å². The van der Waals surface area contributed by atoms with E-state index < -0.39 is 29.9 Å². The Kier molecular flexibility index (Phi) is 5.49. The molecular weight excluding hydrogens is 422 g/mol. The number of hydrogen-bond donors (Lipinski definition) is 2. The summed E-state index contributed by atoms with van der Waals surface area (Å²) in [4.78, 5) is 39.1. The highest BCUT2D eigenvalue weighted by molar-refractivity contribution is 6.33. The van der Waals surface area contributed by atoms with Crippen LogP contribution >= 0.6 is 11.6 Å². The van der Waals surface area contributed by atoms with Gasteiger partial charge in [0.25, 0.3) is 5.91 Å². The third-order valence-electron chi connectivity index (χ3n) is 5.30. The molecular formula is C22H22ClN3O5. The topological polar surface area (TPSA) is 97.0 Å². The Morgan fingerprint density at radius 3 is 2.65 bits per heavy atom. The number of carbonyl (C=O) groups excluding carboxylic acids is 3. The highest BCUT2D eigenvalue weighted by Crippen LogP contribution is 2.36. The molecule has 2 N–H and O–H groups in total. The van der Waals surface area contributed by atoms with E-state index in [-0.39, 0.29) is 0 Å². The van der Waals surface area contributed by atoms with Crippen LogP contribution < -0.4 is 20.1 Å². The quantitative estimate of drug-likeness (QED) is 0.707. The summed E-state index contributed by atoms with van der Waals surface area (Å²) in [6.07, 6.45) is 0.755. The van der Waals surface area contributed by atoms with Crippen LogP contribution in [0.15, 0.2) is 36.4 Å². The lowest BCUT2D eigenvalue weighted by atomic mass is 9.91. The highest BCUT2D eigenvalue weighted by atomic mass is 35.5. The summed E-state index contributed by atoms with van der Waals surface area (Å²) in [7, 11) is 0. The molecule has 9 heteroatoms. The fourth-order valence-electron chi connectivity index (χ4n) is 3.57. The predicted molar refractivity (Wildman–Crippen MR) is 114 cm³/mol. The summed E-state index contributed by atoms with van der Waals surface area (Å²) in [6, 6.07) is 9.65. The van der Waals surface area contributed by atoms with Crippen LogP contribution in [0.3, 0.4) is 0 Å². The van der Waals surface area contributed by atoms with E-state index in [1.54, 1.807) is 43.3 Å². The van der Waals surface area contributed by atoms with Gasteiger partial charge in [-0.25, -0.2) is 4.79 Å². The van der Waals surface area contributed by atoms with E-state index in [9.17, 15) is 14.4 Å². The minimum absolute atomic E-state index is 0.377. The summed E-state index contributed by atoms with van der Waals surface area (Å²) < 4.78 is 11.3. The summed E-state index contributed by atoms with van der Waals surface area (Å²) in [6.45, 7) is 4.09. The first-order valence-corrected chi connectivity index (χ1v) is 10.3. The van der Waals surface area contributed by atoms with Crippen molar-refractivity contribution in [1.29, 1.82) is 0 Å². The Hall–Kier alpha value is -3.26. The van der Waals surface area contributed by atoms with Crippen molar-refractivity contribution < 1.29 is 23.9 Å². The van der Waals surface area contributed by atoms with Crippen molar-refractivity contribution in [2.24, 2.45) is 0 Å². The molecule has 1 atom stereocenters. The summed E-state index contributed by atoms with van der Waals surface area (Å²) in [5.41, 5.74) is 0.571. The monoisotopic (exact) mass is 443 g/mol. The number of amides is 4. The van der Waals surface area contributed by atoms with Crippen LogP contribution in [0.1, 0.15) is 24.5 Å². The van der Waals surface area contributed by atoms with Gasteiger partial charge in [-0.1, -0.05) is 23.7 Å². The van der Waals surface area contributed by atoms with E-state index in [1.807, 2.05) is 6.92 Å². The van der Waals surface area contributed by atoms with Crippen LogP contribution in [0.25, 0.3) is 0 Å². The molecule has 0 aliphatic carbocycles. The Bertz CT molecular complexity index is 1070. The van der Waals surface area contributed by atoms with Crippen molar-refractivity contribution in [2.75, 3.05) is 25.1 Å².